The zero-order chi connectivity index (χ0) is 35.9. The topological polar surface area (TPSA) is 221 Å². The number of carbonyl (C=O) groups is 2. The largest absolute Gasteiger partial charge is 0.373 e. The highest BCUT2D eigenvalue weighted by Crippen LogP contribution is 2.28. The van der Waals surface area contributed by atoms with Crippen molar-refractivity contribution in [2.45, 2.75) is 61.9 Å². The third-order valence-electron chi connectivity index (χ3n) is 7.25. The summed E-state index contributed by atoms with van der Waals surface area (Å²) >= 11 is 0. The number of Topliss-reactive ketones (excluding diaryl/α,β-unsaturated/α-hetero) is 2. The first-order chi connectivity index (χ1) is 23.2. The lowest BCUT2D eigenvalue weighted by Crippen LogP contribution is -2.29. The first kappa shape index (κ1) is 37.5. The van der Waals surface area contributed by atoms with E-state index in [0.717, 1.165) is 0 Å². The molecule has 0 spiro atoms. The predicted molar refractivity (Wildman–Crippen MR) is 174 cm³/mol. The van der Waals surface area contributed by atoms with Crippen molar-refractivity contribution in [3.05, 3.63) is 81.9 Å². The van der Waals surface area contributed by atoms with E-state index in [1.165, 1.54) is 67.6 Å². The molecule has 0 fully saturated rings. The van der Waals surface area contributed by atoms with Crippen LogP contribution in [0.25, 0.3) is 23.2 Å². The highest BCUT2D eigenvalue weighted by Gasteiger charge is 2.32. The summed E-state index contributed by atoms with van der Waals surface area (Å²) in [5.74, 6) is -1.24. The second-order valence-corrected chi connectivity index (χ2v) is 14.4. The smallest absolute Gasteiger partial charge is 0.362 e. The monoisotopic (exact) mass is 714 g/mol. The van der Waals surface area contributed by atoms with E-state index in [-0.39, 0.29) is 69.9 Å². The Labute approximate surface area is 283 Å². The van der Waals surface area contributed by atoms with Gasteiger partial charge in [-0.05, 0) is 52.0 Å². The number of ketones is 2. The van der Waals surface area contributed by atoms with Gasteiger partial charge in [-0.25, -0.2) is 0 Å². The summed E-state index contributed by atoms with van der Waals surface area (Å²) in [5, 5.41) is 0. The summed E-state index contributed by atoms with van der Waals surface area (Å²) in [6.45, 7) is 6.44. The maximum absolute atomic E-state index is 13.0. The molecular formula is C32H34N4O11S2. The number of rotatable bonds is 16. The fraction of sp³-hybridized carbons (Fsp3) is 0.375. The molecular weight excluding hydrogens is 681 g/mol. The highest BCUT2D eigenvalue weighted by molar-refractivity contribution is 7.87. The molecule has 0 amide bonds. The molecule has 0 bridgehead atoms. The Morgan fingerprint density at radius 3 is 1.45 bits per heavy atom. The van der Waals surface area contributed by atoms with Crippen molar-refractivity contribution in [3.63, 3.8) is 0 Å². The van der Waals surface area contributed by atoms with Gasteiger partial charge in [0.05, 0.1) is 50.8 Å². The maximum Gasteiger partial charge on any atom is 0.362 e. The summed E-state index contributed by atoms with van der Waals surface area (Å²) in [5.41, 5.74) is 17.9. The molecule has 0 saturated heterocycles. The van der Waals surface area contributed by atoms with Crippen LogP contribution in [0.3, 0.4) is 0 Å². The van der Waals surface area contributed by atoms with Gasteiger partial charge in [0.2, 0.25) is 0 Å². The van der Waals surface area contributed by atoms with E-state index in [1.807, 2.05) is 0 Å². The third-order valence-corrected chi connectivity index (χ3v) is 10.1. The van der Waals surface area contributed by atoms with Crippen molar-refractivity contribution in [3.8, 4) is 0 Å². The van der Waals surface area contributed by atoms with Gasteiger partial charge in [-0.15, -0.1) is 0 Å². The second-order valence-electron chi connectivity index (χ2n) is 11.3. The number of benzene rings is 2. The van der Waals surface area contributed by atoms with Crippen LogP contribution < -0.4 is 0 Å². The zero-order valence-electron chi connectivity index (χ0n) is 27.0. The summed E-state index contributed by atoms with van der Waals surface area (Å²) in [6.07, 6.45) is 2.76. The number of hydrogen-bond acceptors (Lipinski definition) is 11. The van der Waals surface area contributed by atoms with Gasteiger partial charge in [0.1, 0.15) is 9.79 Å². The van der Waals surface area contributed by atoms with E-state index in [1.54, 1.807) is 20.8 Å². The van der Waals surface area contributed by atoms with Gasteiger partial charge in [-0.3, -0.25) is 18.0 Å². The predicted octanol–water partition coefficient (Wildman–Crippen LogP) is 3.16. The van der Waals surface area contributed by atoms with E-state index in [4.69, 9.17) is 33.6 Å². The Hall–Kier alpha value is -4.28. The van der Waals surface area contributed by atoms with Crippen LogP contribution in [0.15, 0.2) is 58.3 Å². The molecule has 4 unspecified atom stereocenters. The Morgan fingerprint density at radius 2 is 1.00 bits per heavy atom. The molecule has 4 rings (SSSR count). The lowest BCUT2D eigenvalue weighted by atomic mass is 9.95. The Kier molecular flexibility index (Phi) is 12.2. The molecule has 0 heterocycles. The van der Waals surface area contributed by atoms with E-state index in [2.05, 4.69) is 9.58 Å². The molecule has 15 nitrogen and oxygen atoms in total. The van der Waals surface area contributed by atoms with Crippen molar-refractivity contribution in [2.24, 2.45) is 0 Å². The van der Waals surface area contributed by atoms with Crippen molar-refractivity contribution < 1.29 is 58.6 Å². The number of hydrogen-bond donors (Lipinski definition) is 0. The highest BCUT2D eigenvalue weighted by atomic mass is 32.2. The second kappa shape index (κ2) is 16.0. The molecule has 0 radical (unpaired) electrons. The first-order valence-corrected chi connectivity index (χ1v) is 17.8. The molecule has 2 aromatic rings. The van der Waals surface area contributed by atoms with Gasteiger partial charge < -0.3 is 25.3 Å². The molecule has 0 saturated carbocycles. The molecule has 4 atom stereocenters. The van der Waals surface area contributed by atoms with Crippen molar-refractivity contribution in [1.82, 2.24) is 0 Å². The Bertz CT molecular complexity index is 2010. The Morgan fingerprint density at radius 1 is 0.592 bits per heavy atom. The van der Waals surface area contributed by atoms with Crippen LogP contribution in [0.5, 0.6) is 0 Å². The van der Waals surface area contributed by atoms with Crippen molar-refractivity contribution in [1.29, 1.82) is 0 Å². The number of fused-ring (bicyclic) bond motifs is 2. The molecule has 2 aliphatic carbocycles. The fourth-order valence-electron chi connectivity index (χ4n) is 4.76. The molecule has 49 heavy (non-hydrogen) atoms. The van der Waals surface area contributed by atoms with Crippen LogP contribution in [0.4, 0.5) is 0 Å². The minimum atomic E-state index is -4.29. The molecule has 2 aromatic carbocycles. The van der Waals surface area contributed by atoms with E-state index >= 15 is 0 Å². The molecule has 0 aromatic heterocycles. The summed E-state index contributed by atoms with van der Waals surface area (Å²) in [6, 6.07) is 8.26. The van der Waals surface area contributed by atoms with Gasteiger partial charge >= 0.3 is 11.4 Å². The summed E-state index contributed by atoms with van der Waals surface area (Å²) in [7, 11) is -8.55. The van der Waals surface area contributed by atoms with Gasteiger partial charge in [0.25, 0.3) is 31.8 Å². The maximum atomic E-state index is 13.0. The standard InChI is InChI=1S/C32H34N4O11S2/c1-19(16-44-21(3)18-46-48(39,40)29-9-5-7-25-23(29)11-13-27(35-33)31(25)37)43-15-20(2)45-17-22(4)47-49(41,42)30-10-6-8-26-24(30)12-14-28(36-34)32(26)38/h5-14,19-22H,15-18H2,1-4H3. The normalized spacial score (nSPS) is 16.7. The molecule has 17 heteroatoms. The van der Waals surface area contributed by atoms with Crippen LogP contribution in [0.2, 0.25) is 0 Å². The van der Waals surface area contributed by atoms with E-state index < -0.39 is 56.2 Å². The van der Waals surface area contributed by atoms with Crippen LogP contribution in [-0.4, -0.2) is 100 Å². The van der Waals surface area contributed by atoms with Crippen LogP contribution in [-0.2, 0) is 42.8 Å². The first-order valence-electron chi connectivity index (χ1n) is 15.0. The minimum absolute atomic E-state index is 0.0659. The summed E-state index contributed by atoms with van der Waals surface area (Å²) in [4.78, 5) is 30.2. The van der Waals surface area contributed by atoms with E-state index in [9.17, 15) is 26.4 Å². The van der Waals surface area contributed by atoms with E-state index in [0.29, 0.717) is 0 Å². The number of nitrogens with zero attached hydrogens (tertiary/aromatic N) is 4. The van der Waals surface area contributed by atoms with Gasteiger partial charge in [0, 0.05) is 34.4 Å². The van der Waals surface area contributed by atoms with Crippen molar-refractivity contribution in [2.75, 3.05) is 26.4 Å². The van der Waals surface area contributed by atoms with Gasteiger partial charge in [-0.1, -0.05) is 24.3 Å². The van der Waals surface area contributed by atoms with Gasteiger partial charge in [0.15, 0.2) is 0 Å². The molecule has 260 valence electrons. The third kappa shape index (κ3) is 9.05. The molecule has 0 aliphatic heterocycles. The van der Waals surface area contributed by atoms with Crippen molar-refractivity contribution >= 4 is 55.4 Å². The lowest BCUT2D eigenvalue weighted by molar-refractivity contribution is -0.0793. The quantitative estimate of drug-likeness (QED) is 0.140. The fourth-order valence-corrected chi connectivity index (χ4v) is 7.24. The van der Waals surface area contributed by atoms with Gasteiger partial charge in [-0.2, -0.15) is 26.4 Å². The average Bonchev–Trinajstić information content (AvgIpc) is 3.07. The number of ether oxygens (including phenoxy) is 3. The summed E-state index contributed by atoms with van der Waals surface area (Å²) < 4.78 is 79.5. The molecule has 2 aliphatic rings. The lowest BCUT2D eigenvalue weighted by Gasteiger charge is -2.21. The van der Waals surface area contributed by atoms with Crippen LogP contribution in [0, 0.1) is 0 Å². The van der Waals surface area contributed by atoms with Crippen LogP contribution in [0.1, 0.15) is 59.5 Å². The Balaban J connectivity index is 1.19. The number of allylic oxidation sites excluding steroid dienone is 2. The SMILES string of the molecule is CC(COC(C)COS(=O)(=O)c1cccc2c1C=CC(=[N+]=[N-])C2=O)OCC(C)OCC(C)OS(=O)(=O)c1cccc2c1C=CC(=[N+]=[N-])C2=O. The molecule has 0 N–H and O–H groups in total. The zero-order valence-corrected chi connectivity index (χ0v) is 28.6. The van der Waals surface area contributed by atoms with Crippen LogP contribution >= 0.6 is 0 Å². The minimum Gasteiger partial charge on any atom is -0.373 e. The number of carbonyl (C=O) groups excluding carboxylic acids is 2. The average molecular weight is 715 g/mol.